The summed E-state index contributed by atoms with van der Waals surface area (Å²) in [7, 11) is 1.34. The Bertz CT molecular complexity index is 563. The van der Waals surface area contributed by atoms with Crippen molar-refractivity contribution in [1.82, 2.24) is 5.32 Å². The first kappa shape index (κ1) is 16.8. The maximum Gasteiger partial charge on any atom is 0.410 e. The molecule has 0 aromatic carbocycles. The van der Waals surface area contributed by atoms with E-state index in [1.54, 1.807) is 0 Å². The van der Waals surface area contributed by atoms with E-state index in [0.29, 0.717) is 18.5 Å². The summed E-state index contributed by atoms with van der Waals surface area (Å²) in [5.74, 6) is -0.658. The lowest BCUT2D eigenvalue weighted by Crippen LogP contribution is -2.41. The minimum atomic E-state index is -0.744. The Morgan fingerprint density at radius 1 is 1.42 bits per heavy atom. The molecule has 1 saturated heterocycles. The van der Waals surface area contributed by atoms with E-state index in [9.17, 15) is 9.59 Å². The predicted octanol–water partition coefficient (Wildman–Crippen LogP) is 1.89. The number of amides is 1. The molecule has 0 bridgehead atoms. The van der Waals surface area contributed by atoms with Gasteiger partial charge in [0.1, 0.15) is 0 Å². The van der Waals surface area contributed by atoms with Crippen molar-refractivity contribution >= 4 is 12.1 Å². The number of fused-ring (bicyclic) bond motifs is 1. The summed E-state index contributed by atoms with van der Waals surface area (Å²) >= 11 is 0. The Labute approximate surface area is 141 Å². The van der Waals surface area contributed by atoms with Crippen molar-refractivity contribution in [3.8, 4) is 0 Å². The quantitative estimate of drug-likeness (QED) is 0.623. The van der Waals surface area contributed by atoms with Crippen molar-refractivity contribution in [1.29, 1.82) is 0 Å². The van der Waals surface area contributed by atoms with Gasteiger partial charge in [0.05, 0.1) is 31.0 Å². The number of ether oxygens (including phenoxy) is 4. The van der Waals surface area contributed by atoms with Crippen LogP contribution in [-0.2, 0) is 23.7 Å². The molecule has 0 spiro atoms. The SMILES string of the molecule is COC(=O)C1=COC(OC(=O)NCC2CCCO2)C2C(C)=CCC12. The number of hydrogen-bond donors (Lipinski definition) is 1. The van der Waals surface area contributed by atoms with Crippen LogP contribution >= 0.6 is 0 Å². The third kappa shape index (κ3) is 3.40. The molecule has 0 aromatic rings. The molecule has 7 nitrogen and oxygen atoms in total. The second-order valence-electron chi connectivity index (χ2n) is 6.31. The fourth-order valence-electron chi connectivity index (χ4n) is 3.52. The summed E-state index contributed by atoms with van der Waals surface area (Å²) in [6, 6.07) is 0. The van der Waals surface area contributed by atoms with Gasteiger partial charge < -0.3 is 24.3 Å². The van der Waals surface area contributed by atoms with Gasteiger partial charge in [-0.3, -0.25) is 0 Å². The van der Waals surface area contributed by atoms with E-state index in [-0.39, 0.29) is 17.9 Å². The second-order valence-corrected chi connectivity index (χ2v) is 6.31. The van der Waals surface area contributed by atoms with E-state index < -0.39 is 18.4 Å². The van der Waals surface area contributed by atoms with E-state index in [1.165, 1.54) is 13.4 Å². The molecule has 7 heteroatoms. The number of nitrogens with one attached hydrogen (secondary N) is 1. The van der Waals surface area contributed by atoms with Gasteiger partial charge in [0, 0.05) is 19.1 Å². The van der Waals surface area contributed by atoms with Crippen LogP contribution in [0.2, 0.25) is 0 Å². The monoisotopic (exact) mass is 337 g/mol. The Morgan fingerprint density at radius 3 is 2.96 bits per heavy atom. The smallest absolute Gasteiger partial charge is 0.410 e. The normalized spacial score (nSPS) is 31.4. The lowest BCUT2D eigenvalue weighted by atomic mass is 9.84. The molecule has 132 valence electrons. The van der Waals surface area contributed by atoms with Crippen molar-refractivity contribution in [2.24, 2.45) is 11.8 Å². The topological polar surface area (TPSA) is 83.1 Å². The zero-order valence-electron chi connectivity index (χ0n) is 13.9. The summed E-state index contributed by atoms with van der Waals surface area (Å²) in [6.45, 7) is 3.12. The first-order valence-electron chi connectivity index (χ1n) is 8.26. The highest BCUT2D eigenvalue weighted by Crippen LogP contribution is 2.43. The highest BCUT2D eigenvalue weighted by molar-refractivity contribution is 5.89. The Kier molecular flexibility index (Phi) is 5.08. The van der Waals surface area contributed by atoms with Crippen LogP contribution in [0.15, 0.2) is 23.5 Å². The lowest BCUT2D eigenvalue weighted by Gasteiger charge is -2.33. The molecule has 0 radical (unpaired) electrons. The highest BCUT2D eigenvalue weighted by atomic mass is 16.7. The summed E-state index contributed by atoms with van der Waals surface area (Å²) in [4.78, 5) is 23.9. The molecule has 1 fully saturated rings. The van der Waals surface area contributed by atoms with Crippen LogP contribution in [0.4, 0.5) is 4.79 Å². The molecular weight excluding hydrogens is 314 g/mol. The molecule has 4 atom stereocenters. The zero-order valence-corrected chi connectivity index (χ0v) is 13.9. The first-order chi connectivity index (χ1) is 11.6. The largest absolute Gasteiger partial charge is 0.466 e. The van der Waals surface area contributed by atoms with Crippen LogP contribution in [0.5, 0.6) is 0 Å². The summed E-state index contributed by atoms with van der Waals surface area (Å²) < 4.78 is 21.2. The van der Waals surface area contributed by atoms with E-state index in [2.05, 4.69) is 5.32 Å². The number of rotatable bonds is 4. The molecule has 2 heterocycles. The van der Waals surface area contributed by atoms with E-state index in [0.717, 1.165) is 25.0 Å². The van der Waals surface area contributed by atoms with Gasteiger partial charge in [-0.2, -0.15) is 0 Å². The third-order valence-electron chi connectivity index (χ3n) is 4.82. The number of methoxy groups -OCH3 is 1. The van der Waals surface area contributed by atoms with Crippen molar-refractivity contribution in [3.05, 3.63) is 23.5 Å². The van der Waals surface area contributed by atoms with Crippen LogP contribution in [-0.4, -0.2) is 44.7 Å². The molecule has 4 unspecified atom stereocenters. The van der Waals surface area contributed by atoms with Crippen LogP contribution in [0.1, 0.15) is 26.2 Å². The molecule has 1 amide bonds. The second kappa shape index (κ2) is 7.25. The van der Waals surface area contributed by atoms with Gasteiger partial charge in [0.2, 0.25) is 0 Å². The van der Waals surface area contributed by atoms with Gasteiger partial charge >= 0.3 is 12.1 Å². The van der Waals surface area contributed by atoms with Crippen LogP contribution in [0.25, 0.3) is 0 Å². The number of esters is 1. The number of hydrogen-bond acceptors (Lipinski definition) is 6. The van der Waals surface area contributed by atoms with E-state index >= 15 is 0 Å². The highest BCUT2D eigenvalue weighted by Gasteiger charge is 2.44. The first-order valence-corrected chi connectivity index (χ1v) is 8.26. The van der Waals surface area contributed by atoms with Gasteiger partial charge in [-0.25, -0.2) is 9.59 Å². The average Bonchev–Trinajstić information content (AvgIpc) is 3.23. The molecule has 24 heavy (non-hydrogen) atoms. The maximum atomic E-state index is 12.0. The van der Waals surface area contributed by atoms with E-state index in [1.807, 2.05) is 13.0 Å². The third-order valence-corrected chi connectivity index (χ3v) is 4.82. The number of allylic oxidation sites excluding steroid dienone is 1. The predicted molar refractivity (Wildman–Crippen MR) is 83.8 cm³/mol. The van der Waals surface area contributed by atoms with E-state index in [4.69, 9.17) is 18.9 Å². The fourth-order valence-corrected chi connectivity index (χ4v) is 3.52. The van der Waals surface area contributed by atoms with Crippen LogP contribution < -0.4 is 5.32 Å². The molecule has 1 aliphatic carbocycles. The Morgan fingerprint density at radius 2 is 2.25 bits per heavy atom. The van der Waals surface area contributed by atoms with Gasteiger partial charge in [-0.15, -0.1) is 0 Å². The molecular formula is C17H23NO6. The Hall–Kier alpha value is -2.02. The maximum absolute atomic E-state index is 12.0. The van der Waals surface area contributed by atoms with Gasteiger partial charge in [-0.1, -0.05) is 11.6 Å². The molecule has 2 aliphatic heterocycles. The van der Waals surface area contributed by atoms with Crippen molar-refractivity contribution in [3.63, 3.8) is 0 Å². The van der Waals surface area contributed by atoms with Gasteiger partial charge in [0.25, 0.3) is 6.29 Å². The van der Waals surface area contributed by atoms with Crippen molar-refractivity contribution in [2.45, 2.75) is 38.6 Å². The van der Waals surface area contributed by atoms with Crippen LogP contribution in [0, 0.1) is 11.8 Å². The molecule has 0 saturated carbocycles. The Balaban J connectivity index is 1.60. The van der Waals surface area contributed by atoms with Crippen molar-refractivity contribution in [2.75, 3.05) is 20.3 Å². The molecule has 1 N–H and O–H groups in total. The zero-order chi connectivity index (χ0) is 17.1. The van der Waals surface area contributed by atoms with Crippen molar-refractivity contribution < 1.29 is 28.5 Å². The van der Waals surface area contributed by atoms with Crippen LogP contribution in [0.3, 0.4) is 0 Å². The minimum Gasteiger partial charge on any atom is -0.466 e. The minimum absolute atomic E-state index is 0.0523. The standard InChI is InChI=1S/C17H23NO6/c1-10-5-6-12-13(15(19)21-2)9-23-16(14(10)12)24-17(20)18-8-11-4-3-7-22-11/h5,9,11-12,14,16H,3-4,6-8H2,1-2H3,(H,18,20). The summed E-state index contributed by atoms with van der Waals surface area (Å²) in [5.41, 5.74) is 1.53. The average molecular weight is 337 g/mol. The van der Waals surface area contributed by atoms with Gasteiger partial charge in [-0.05, 0) is 26.2 Å². The number of carbonyl (C=O) groups excluding carboxylic acids is 2. The fraction of sp³-hybridized carbons (Fsp3) is 0.647. The molecule has 3 rings (SSSR count). The lowest BCUT2D eigenvalue weighted by molar-refractivity contribution is -0.141. The molecule has 3 aliphatic rings. The summed E-state index contributed by atoms with van der Waals surface area (Å²) in [5, 5.41) is 2.71. The number of alkyl carbamates (subject to hydrolysis) is 1. The number of carbonyl (C=O) groups is 2. The molecule has 0 aromatic heterocycles. The summed E-state index contributed by atoms with van der Waals surface area (Å²) in [6.07, 6.45) is 4.84. The van der Waals surface area contributed by atoms with Gasteiger partial charge in [0.15, 0.2) is 0 Å².